The Kier molecular flexibility index (Phi) is 4.89. The van der Waals surface area contributed by atoms with Gasteiger partial charge in [-0.2, -0.15) is 0 Å². The molecule has 0 spiro atoms. The summed E-state index contributed by atoms with van der Waals surface area (Å²) in [6.07, 6.45) is 1.08. The van der Waals surface area contributed by atoms with Crippen LogP contribution < -0.4 is 10.0 Å². The fraction of sp³-hybridized carbons (Fsp3) is 0.250. The van der Waals surface area contributed by atoms with Crippen LogP contribution >= 0.6 is 0 Å². The van der Waals surface area contributed by atoms with E-state index < -0.39 is 21.7 Å². The van der Waals surface area contributed by atoms with Crippen molar-refractivity contribution < 1.29 is 17.2 Å². The van der Waals surface area contributed by atoms with Gasteiger partial charge in [0.15, 0.2) is 11.6 Å². The molecule has 0 aromatic heterocycles. The second kappa shape index (κ2) is 6.54. The predicted molar refractivity (Wildman–Crippen MR) is 88.0 cm³/mol. The molecule has 2 aromatic carbocycles. The lowest BCUT2D eigenvalue weighted by molar-refractivity contribution is 0.506. The van der Waals surface area contributed by atoms with Crippen molar-refractivity contribution in [2.75, 3.05) is 16.3 Å². The molecular weight excluding hydrogens is 322 g/mol. The summed E-state index contributed by atoms with van der Waals surface area (Å²) in [4.78, 5) is 0. The van der Waals surface area contributed by atoms with Crippen molar-refractivity contribution in [1.82, 2.24) is 0 Å². The Balaban J connectivity index is 2.22. The van der Waals surface area contributed by atoms with Crippen molar-refractivity contribution in [2.45, 2.75) is 19.9 Å². The Hall–Kier alpha value is -2.15. The molecular formula is C16H18F2N2O2S. The monoisotopic (exact) mass is 340 g/mol. The van der Waals surface area contributed by atoms with Gasteiger partial charge in [0.1, 0.15) is 0 Å². The maximum Gasteiger partial charge on any atom is 0.229 e. The molecule has 2 rings (SSSR count). The molecule has 1 unspecified atom stereocenters. The second-order valence-electron chi connectivity index (χ2n) is 5.44. The van der Waals surface area contributed by atoms with Gasteiger partial charge in [-0.1, -0.05) is 12.1 Å². The first-order chi connectivity index (χ1) is 10.7. The van der Waals surface area contributed by atoms with Crippen molar-refractivity contribution in [1.29, 1.82) is 0 Å². The van der Waals surface area contributed by atoms with Gasteiger partial charge in [0.2, 0.25) is 10.0 Å². The number of halogens is 2. The zero-order valence-electron chi connectivity index (χ0n) is 13.0. The van der Waals surface area contributed by atoms with Crippen LogP contribution in [-0.2, 0) is 10.0 Å². The molecule has 2 aromatic rings. The summed E-state index contributed by atoms with van der Waals surface area (Å²) in [6, 6.07) is 8.66. The highest BCUT2D eigenvalue weighted by molar-refractivity contribution is 7.92. The normalized spacial score (nSPS) is 12.7. The van der Waals surface area contributed by atoms with Crippen LogP contribution in [0.1, 0.15) is 24.1 Å². The summed E-state index contributed by atoms with van der Waals surface area (Å²) in [7, 11) is -3.38. The minimum Gasteiger partial charge on any atom is -0.378 e. The summed E-state index contributed by atoms with van der Waals surface area (Å²) in [6.45, 7) is 3.59. The van der Waals surface area contributed by atoms with Gasteiger partial charge in [-0.05, 0) is 49.2 Å². The lowest BCUT2D eigenvalue weighted by atomic mass is 10.1. The summed E-state index contributed by atoms with van der Waals surface area (Å²) in [5, 5.41) is 3.13. The quantitative estimate of drug-likeness (QED) is 0.870. The number of hydrogen-bond acceptors (Lipinski definition) is 3. The summed E-state index contributed by atoms with van der Waals surface area (Å²) < 4.78 is 51.5. The van der Waals surface area contributed by atoms with Crippen LogP contribution in [0.5, 0.6) is 0 Å². The molecule has 0 heterocycles. The number of rotatable bonds is 5. The average Bonchev–Trinajstić information content (AvgIpc) is 2.44. The maximum absolute atomic E-state index is 13.3. The van der Waals surface area contributed by atoms with Gasteiger partial charge >= 0.3 is 0 Å². The molecule has 0 fully saturated rings. The molecule has 4 nitrogen and oxygen atoms in total. The summed E-state index contributed by atoms with van der Waals surface area (Å²) >= 11 is 0. The van der Waals surface area contributed by atoms with Crippen molar-refractivity contribution >= 4 is 21.4 Å². The van der Waals surface area contributed by atoms with Gasteiger partial charge in [0.25, 0.3) is 0 Å². The molecule has 0 radical (unpaired) electrons. The number of anilines is 2. The molecule has 0 aliphatic rings. The first-order valence-electron chi connectivity index (χ1n) is 6.95. The topological polar surface area (TPSA) is 58.2 Å². The maximum atomic E-state index is 13.3. The van der Waals surface area contributed by atoms with Crippen LogP contribution in [0, 0.1) is 18.6 Å². The van der Waals surface area contributed by atoms with Crippen molar-refractivity contribution in [3.05, 3.63) is 59.2 Å². The molecule has 0 saturated carbocycles. The molecule has 7 heteroatoms. The van der Waals surface area contributed by atoms with E-state index in [4.69, 9.17) is 0 Å². The molecule has 0 amide bonds. The Morgan fingerprint density at radius 2 is 1.74 bits per heavy atom. The van der Waals surface area contributed by atoms with Crippen molar-refractivity contribution in [3.63, 3.8) is 0 Å². The SMILES string of the molecule is Cc1ccc(NC(C)c2ccc(F)c(F)c2)cc1NS(C)(=O)=O. The van der Waals surface area contributed by atoms with Crippen LogP contribution in [0.4, 0.5) is 20.2 Å². The predicted octanol–water partition coefficient (Wildman–Crippen LogP) is 3.82. The van der Waals surface area contributed by atoms with E-state index >= 15 is 0 Å². The standard InChI is InChI=1S/C16H18F2N2O2S/c1-10-4-6-13(9-16(10)20-23(3,21)22)19-11(2)12-5-7-14(17)15(18)8-12/h4-9,11,19-20H,1-3H3. The molecule has 1 atom stereocenters. The number of hydrogen-bond donors (Lipinski definition) is 2. The van der Waals surface area contributed by atoms with E-state index in [-0.39, 0.29) is 6.04 Å². The zero-order valence-corrected chi connectivity index (χ0v) is 13.8. The van der Waals surface area contributed by atoms with Crippen LogP contribution in [0.2, 0.25) is 0 Å². The summed E-state index contributed by atoms with van der Waals surface area (Å²) in [5.74, 6) is -1.80. The lowest BCUT2D eigenvalue weighted by Crippen LogP contribution is -2.12. The van der Waals surface area contributed by atoms with E-state index in [9.17, 15) is 17.2 Å². The third-order valence-corrected chi connectivity index (χ3v) is 3.95. The molecule has 0 aliphatic carbocycles. The van der Waals surface area contributed by atoms with Crippen LogP contribution in [0.25, 0.3) is 0 Å². The van der Waals surface area contributed by atoms with Crippen molar-refractivity contribution in [2.24, 2.45) is 0 Å². The zero-order chi connectivity index (χ0) is 17.2. The molecule has 0 aliphatic heterocycles. The minimum absolute atomic E-state index is 0.279. The van der Waals surface area contributed by atoms with Gasteiger partial charge in [-0.15, -0.1) is 0 Å². The highest BCUT2D eigenvalue weighted by Gasteiger charge is 2.11. The van der Waals surface area contributed by atoms with E-state index in [1.165, 1.54) is 6.07 Å². The number of sulfonamides is 1. The fourth-order valence-corrected chi connectivity index (χ4v) is 2.76. The van der Waals surface area contributed by atoms with Gasteiger partial charge in [0.05, 0.1) is 11.9 Å². The lowest BCUT2D eigenvalue weighted by Gasteiger charge is -2.17. The Labute approximate surface area is 134 Å². The molecule has 0 saturated heterocycles. The molecule has 0 bridgehead atoms. The number of aryl methyl sites for hydroxylation is 1. The van der Waals surface area contributed by atoms with Crippen LogP contribution in [0.15, 0.2) is 36.4 Å². The first-order valence-corrected chi connectivity index (χ1v) is 8.85. The Morgan fingerprint density at radius 1 is 1.04 bits per heavy atom. The second-order valence-corrected chi connectivity index (χ2v) is 7.19. The fourth-order valence-electron chi connectivity index (χ4n) is 2.14. The summed E-state index contributed by atoms with van der Waals surface area (Å²) in [5.41, 5.74) is 2.50. The van der Waals surface area contributed by atoms with Gasteiger partial charge in [-0.25, -0.2) is 17.2 Å². The highest BCUT2D eigenvalue weighted by atomic mass is 32.2. The largest absolute Gasteiger partial charge is 0.378 e. The molecule has 124 valence electrons. The highest BCUT2D eigenvalue weighted by Crippen LogP contribution is 2.25. The number of benzene rings is 2. The van der Waals surface area contributed by atoms with Gasteiger partial charge in [0, 0.05) is 11.7 Å². The van der Waals surface area contributed by atoms with Gasteiger partial charge < -0.3 is 5.32 Å². The van der Waals surface area contributed by atoms with Crippen molar-refractivity contribution in [3.8, 4) is 0 Å². The van der Waals surface area contributed by atoms with E-state index in [0.29, 0.717) is 16.9 Å². The Bertz CT molecular complexity index is 823. The third-order valence-electron chi connectivity index (χ3n) is 3.36. The molecule has 2 N–H and O–H groups in total. The van der Waals surface area contributed by atoms with E-state index in [1.807, 2.05) is 0 Å². The van der Waals surface area contributed by atoms with E-state index in [0.717, 1.165) is 24.0 Å². The number of nitrogens with one attached hydrogen (secondary N) is 2. The average molecular weight is 340 g/mol. The third kappa shape index (κ3) is 4.66. The molecule has 23 heavy (non-hydrogen) atoms. The van der Waals surface area contributed by atoms with Crippen LogP contribution in [0.3, 0.4) is 0 Å². The van der Waals surface area contributed by atoms with E-state index in [2.05, 4.69) is 10.0 Å². The van der Waals surface area contributed by atoms with Gasteiger partial charge in [-0.3, -0.25) is 4.72 Å². The van der Waals surface area contributed by atoms with E-state index in [1.54, 1.807) is 32.0 Å². The first kappa shape index (κ1) is 17.2. The Morgan fingerprint density at radius 3 is 2.35 bits per heavy atom. The minimum atomic E-state index is -3.38. The van der Waals surface area contributed by atoms with Crippen LogP contribution in [-0.4, -0.2) is 14.7 Å². The smallest absolute Gasteiger partial charge is 0.229 e.